The number of aromatic nitrogens is 4. The SMILES string of the molecule is O=c1c2c(n3c(=S)[nH]nc3n1Cc1ccco1)-c1ccccc1CC21CCCCC1. The van der Waals surface area contributed by atoms with E-state index in [9.17, 15) is 4.79 Å². The summed E-state index contributed by atoms with van der Waals surface area (Å²) in [6.07, 6.45) is 8.12. The number of H-pyrrole nitrogens is 1. The molecule has 30 heavy (non-hydrogen) atoms. The van der Waals surface area contributed by atoms with Crippen molar-refractivity contribution in [3.8, 4) is 11.3 Å². The molecule has 1 fully saturated rings. The van der Waals surface area contributed by atoms with Gasteiger partial charge in [0.25, 0.3) is 5.56 Å². The smallest absolute Gasteiger partial charge is 0.259 e. The van der Waals surface area contributed by atoms with Crippen LogP contribution in [0.3, 0.4) is 0 Å². The van der Waals surface area contributed by atoms with Gasteiger partial charge in [0.2, 0.25) is 10.5 Å². The van der Waals surface area contributed by atoms with E-state index in [1.165, 1.54) is 12.0 Å². The lowest BCUT2D eigenvalue weighted by Crippen LogP contribution is -2.43. The van der Waals surface area contributed by atoms with Crippen molar-refractivity contribution >= 4 is 18.0 Å². The lowest BCUT2D eigenvalue weighted by molar-refractivity contribution is 0.283. The molecule has 6 nitrogen and oxygen atoms in total. The normalized spacial score (nSPS) is 17.2. The summed E-state index contributed by atoms with van der Waals surface area (Å²) in [4.78, 5) is 14.1. The molecule has 2 aliphatic rings. The Hall–Kier alpha value is -2.93. The minimum Gasteiger partial charge on any atom is -0.467 e. The van der Waals surface area contributed by atoms with Crippen LogP contribution in [-0.2, 0) is 18.4 Å². The van der Waals surface area contributed by atoms with E-state index in [4.69, 9.17) is 16.6 Å². The van der Waals surface area contributed by atoms with Gasteiger partial charge in [-0.1, -0.05) is 43.5 Å². The molecule has 0 saturated heterocycles. The standard InChI is InChI=1S/C23H22N4O2S/c28-20-18-19(17-9-3-2-7-15(17)13-23(18)10-4-1-5-11-23)27-21(24-25-22(27)30)26(20)14-16-8-6-12-29-16/h2-3,6-9,12H,1,4-5,10-11,13-14H2,(H,25,30). The van der Waals surface area contributed by atoms with Crippen LogP contribution in [0.1, 0.15) is 49.0 Å². The Balaban J connectivity index is 1.75. The summed E-state index contributed by atoms with van der Waals surface area (Å²) in [7, 11) is 0. The molecule has 0 atom stereocenters. The molecular weight excluding hydrogens is 396 g/mol. The topological polar surface area (TPSA) is 68.2 Å². The van der Waals surface area contributed by atoms with Crippen LogP contribution in [0.2, 0.25) is 0 Å². The highest BCUT2D eigenvalue weighted by molar-refractivity contribution is 7.71. The van der Waals surface area contributed by atoms with Crippen LogP contribution in [0.15, 0.2) is 51.9 Å². The third-order valence-electron chi connectivity index (χ3n) is 6.85. The van der Waals surface area contributed by atoms with Gasteiger partial charge in [0.1, 0.15) is 5.76 Å². The number of nitrogens with zero attached hydrogens (tertiary/aromatic N) is 3. The van der Waals surface area contributed by atoms with Gasteiger partial charge in [-0.15, -0.1) is 5.10 Å². The summed E-state index contributed by atoms with van der Waals surface area (Å²) in [5, 5.41) is 7.36. The van der Waals surface area contributed by atoms with Crippen molar-refractivity contribution in [3.05, 3.63) is 74.7 Å². The summed E-state index contributed by atoms with van der Waals surface area (Å²) < 4.78 is 9.74. The van der Waals surface area contributed by atoms with E-state index in [1.807, 2.05) is 22.6 Å². The second-order valence-electron chi connectivity index (χ2n) is 8.53. The highest BCUT2D eigenvalue weighted by atomic mass is 32.1. The first-order valence-electron chi connectivity index (χ1n) is 10.5. The number of benzene rings is 1. The summed E-state index contributed by atoms with van der Waals surface area (Å²) in [6.45, 7) is 0.333. The number of fused-ring (bicyclic) bond motifs is 6. The number of hydrogen-bond acceptors (Lipinski definition) is 4. The van der Waals surface area contributed by atoms with Crippen molar-refractivity contribution in [1.82, 2.24) is 19.2 Å². The third-order valence-corrected chi connectivity index (χ3v) is 7.13. The molecule has 3 aromatic heterocycles. The molecule has 1 N–H and O–H groups in total. The van der Waals surface area contributed by atoms with E-state index < -0.39 is 0 Å². The molecule has 0 bridgehead atoms. The summed E-state index contributed by atoms with van der Waals surface area (Å²) in [6, 6.07) is 12.1. The van der Waals surface area contributed by atoms with Gasteiger partial charge in [0, 0.05) is 16.5 Å². The molecule has 1 aromatic carbocycles. The molecular formula is C23H22N4O2S. The van der Waals surface area contributed by atoms with Gasteiger partial charge in [-0.3, -0.25) is 13.8 Å². The zero-order valence-corrected chi connectivity index (χ0v) is 17.4. The number of nitrogens with one attached hydrogen (secondary N) is 1. The molecule has 1 spiro atoms. The van der Waals surface area contributed by atoms with E-state index in [2.05, 4.69) is 28.4 Å². The van der Waals surface area contributed by atoms with Crippen molar-refractivity contribution < 1.29 is 4.42 Å². The number of aromatic amines is 1. The minimum absolute atomic E-state index is 0.0271. The highest BCUT2D eigenvalue weighted by Gasteiger charge is 2.43. The average Bonchev–Trinajstić information content (AvgIpc) is 3.41. The third kappa shape index (κ3) is 2.45. The van der Waals surface area contributed by atoms with Crippen LogP contribution in [0.25, 0.3) is 17.0 Å². The monoisotopic (exact) mass is 418 g/mol. The second kappa shape index (κ2) is 6.54. The molecule has 1 saturated carbocycles. The zero-order valence-electron chi connectivity index (χ0n) is 16.6. The molecule has 0 amide bonds. The van der Waals surface area contributed by atoms with Gasteiger partial charge in [-0.05, 0) is 49.2 Å². The maximum atomic E-state index is 14.1. The molecule has 0 radical (unpaired) electrons. The molecule has 152 valence electrons. The van der Waals surface area contributed by atoms with E-state index in [1.54, 1.807) is 10.8 Å². The summed E-state index contributed by atoms with van der Waals surface area (Å²) in [5.74, 6) is 1.25. The molecule has 0 aliphatic heterocycles. The lowest BCUT2D eigenvalue weighted by atomic mass is 9.62. The molecule has 6 rings (SSSR count). The van der Waals surface area contributed by atoms with Crippen molar-refractivity contribution in [1.29, 1.82) is 0 Å². The Morgan fingerprint density at radius 2 is 1.97 bits per heavy atom. The summed E-state index contributed by atoms with van der Waals surface area (Å²) >= 11 is 5.65. The predicted molar refractivity (Wildman–Crippen MR) is 116 cm³/mol. The van der Waals surface area contributed by atoms with Crippen LogP contribution < -0.4 is 5.56 Å². The molecule has 2 aliphatic carbocycles. The fourth-order valence-corrected chi connectivity index (χ4v) is 5.78. The molecule has 3 heterocycles. The van der Waals surface area contributed by atoms with Crippen molar-refractivity contribution in [2.75, 3.05) is 0 Å². The Morgan fingerprint density at radius 1 is 1.13 bits per heavy atom. The van der Waals surface area contributed by atoms with E-state index in [-0.39, 0.29) is 11.0 Å². The first-order chi connectivity index (χ1) is 14.7. The Kier molecular flexibility index (Phi) is 3.90. The van der Waals surface area contributed by atoms with Crippen LogP contribution in [0.5, 0.6) is 0 Å². The summed E-state index contributed by atoms with van der Waals surface area (Å²) in [5.41, 5.74) is 4.09. The Bertz CT molecular complexity index is 1370. The second-order valence-corrected chi connectivity index (χ2v) is 8.92. The highest BCUT2D eigenvalue weighted by Crippen LogP contribution is 2.49. The fraction of sp³-hybridized carbons (Fsp3) is 0.348. The largest absolute Gasteiger partial charge is 0.467 e. The molecule has 0 unspecified atom stereocenters. The number of furan rings is 1. The van der Waals surface area contributed by atoms with Crippen LogP contribution in [0.4, 0.5) is 0 Å². The minimum atomic E-state index is -0.149. The van der Waals surface area contributed by atoms with Crippen molar-refractivity contribution in [3.63, 3.8) is 0 Å². The Labute approximate surface area is 178 Å². The average molecular weight is 419 g/mol. The van der Waals surface area contributed by atoms with Gasteiger partial charge in [-0.2, -0.15) is 0 Å². The first kappa shape index (κ1) is 17.9. The molecule has 4 aromatic rings. The van der Waals surface area contributed by atoms with Gasteiger partial charge in [0.05, 0.1) is 18.5 Å². The van der Waals surface area contributed by atoms with E-state index in [0.29, 0.717) is 17.1 Å². The van der Waals surface area contributed by atoms with Crippen LogP contribution in [0, 0.1) is 4.77 Å². The van der Waals surface area contributed by atoms with Gasteiger partial charge in [-0.25, -0.2) is 5.10 Å². The van der Waals surface area contributed by atoms with E-state index >= 15 is 0 Å². The van der Waals surface area contributed by atoms with Gasteiger partial charge >= 0.3 is 0 Å². The fourth-order valence-electron chi connectivity index (χ4n) is 5.56. The van der Waals surface area contributed by atoms with E-state index in [0.717, 1.165) is 54.7 Å². The van der Waals surface area contributed by atoms with Gasteiger partial charge in [0.15, 0.2) is 0 Å². The maximum absolute atomic E-state index is 14.1. The zero-order chi connectivity index (χ0) is 20.3. The van der Waals surface area contributed by atoms with Gasteiger partial charge < -0.3 is 4.42 Å². The molecule has 7 heteroatoms. The number of hydrogen-bond donors (Lipinski definition) is 1. The van der Waals surface area contributed by atoms with Crippen LogP contribution >= 0.6 is 12.2 Å². The maximum Gasteiger partial charge on any atom is 0.259 e. The number of rotatable bonds is 2. The Morgan fingerprint density at radius 3 is 2.77 bits per heavy atom. The quantitative estimate of drug-likeness (QED) is 0.482. The predicted octanol–water partition coefficient (Wildman–Crippen LogP) is 4.62. The van der Waals surface area contributed by atoms with Crippen LogP contribution in [-0.4, -0.2) is 19.2 Å². The lowest BCUT2D eigenvalue weighted by Gasteiger charge is -2.42. The van der Waals surface area contributed by atoms with Crippen molar-refractivity contribution in [2.45, 2.75) is 50.5 Å². The first-order valence-corrected chi connectivity index (χ1v) is 10.9. The van der Waals surface area contributed by atoms with Crippen molar-refractivity contribution in [2.24, 2.45) is 0 Å².